The van der Waals surface area contributed by atoms with E-state index in [2.05, 4.69) is 152 Å². The average Bonchev–Trinajstić information content (AvgIpc) is 3.88. The van der Waals surface area contributed by atoms with Crippen LogP contribution in [0.1, 0.15) is 0 Å². The highest BCUT2D eigenvalue weighted by molar-refractivity contribution is 6.18. The number of para-hydroxylation sites is 2. The van der Waals surface area contributed by atoms with Gasteiger partial charge >= 0.3 is 0 Å². The summed E-state index contributed by atoms with van der Waals surface area (Å²) < 4.78 is 13.0. The summed E-state index contributed by atoms with van der Waals surface area (Å²) in [5.41, 5.74) is 10.5. The van der Waals surface area contributed by atoms with Crippen molar-refractivity contribution < 1.29 is 8.83 Å². The highest BCUT2D eigenvalue weighted by Crippen LogP contribution is 2.44. The van der Waals surface area contributed by atoms with Crippen LogP contribution in [0.5, 0.6) is 0 Å². The van der Waals surface area contributed by atoms with E-state index in [1.165, 1.54) is 0 Å². The standard InChI is InChI=1S/C53H31N3O2/c1-2-14-33(15-3-1)36-20-10-22-43-48-40(21-11-26-47(48)58-50(36)43)39-29-30-41(38-18-7-6-17-37(38)39)52-54-51(35-28-27-32-13-4-5-16-34(32)31-35)55-53(56-52)44-23-12-25-46-49(44)42-19-8-9-24-45(42)57-46/h1-31H. The summed E-state index contributed by atoms with van der Waals surface area (Å²) in [4.78, 5) is 15.7. The van der Waals surface area contributed by atoms with Gasteiger partial charge in [0.25, 0.3) is 0 Å². The smallest absolute Gasteiger partial charge is 0.164 e. The van der Waals surface area contributed by atoms with Crippen LogP contribution >= 0.6 is 0 Å². The Labute approximate surface area is 332 Å². The molecule has 0 aliphatic carbocycles. The molecule has 0 N–H and O–H groups in total. The molecule has 270 valence electrons. The zero-order valence-corrected chi connectivity index (χ0v) is 31.1. The fraction of sp³-hybridized carbons (Fsp3) is 0. The summed E-state index contributed by atoms with van der Waals surface area (Å²) in [6.45, 7) is 0. The predicted octanol–water partition coefficient (Wildman–Crippen LogP) is 14.3. The van der Waals surface area contributed by atoms with E-state index >= 15 is 0 Å². The summed E-state index contributed by atoms with van der Waals surface area (Å²) in [7, 11) is 0. The van der Waals surface area contributed by atoms with Crippen molar-refractivity contribution in [1.29, 1.82) is 0 Å². The molecule has 12 aromatic rings. The van der Waals surface area contributed by atoms with Crippen molar-refractivity contribution in [3.05, 3.63) is 188 Å². The molecule has 0 bridgehead atoms. The minimum Gasteiger partial charge on any atom is -0.456 e. The molecule has 3 aromatic heterocycles. The SMILES string of the molecule is c1ccc(-c2cccc3c2oc2cccc(-c4ccc(-c5nc(-c6ccc7ccccc7c6)nc(-c6cccc7oc8ccccc8c67)n5)c5ccccc45)c23)cc1. The van der Waals surface area contributed by atoms with Crippen molar-refractivity contribution >= 4 is 65.4 Å². The van der Waals surface area contributed by atoms with Crippen LogP contribution in [0.15, 0.2) is 197 Å². The molecule has 12 rings (SSSR count). The highest BCUT2D eigenvalue weighted by Gasteiger charge is 2.21. The molecule has 9 aromatic carbocycles. The van der Waals surface area contributed by atoms with E-state index < -0.39 is 0 Å². The second kappa shape index (κ2) is 12.8. The number of aromatic nitrogens is 3. The van der Waals surface area contributed by atoms with Gasteiger partial charge in [0.15, 0.2) is 17.5 Å². The van der Waals surface area contributed by atoms with Gasteiger partial charge in [-0.1, -0.05) is 158 Å². The van der Waals surface area contributed by atoms with E-state index in [1.807, 2.05) is 36.4 Å². The molecule has 5 heteroatoms. The van der Waals surface area contributed by atoms with Gasteiger partial charge in [0.05, 0.1) is 0 Å². The summed E-state index contributed by atoms with van der Waals surface area (Å²) in [6, 6.07) is 65.1. The van der Waals surface area contributed by atoms with E-state index in [0.29, 0.717) is 17.5 Å². The van der Waals surface area contributed by atoms with Crippen LogP contribution in [0.25, 0.3) is 122 Å². The van der Waals surface area contributed by atoms with Crippen LogP contribution in [0.2, 0.25) is 0 Å². The molecule has 0 aliphatic heterocycles. The molecule has 0 spiro atoms. The predicted molar refractivity (Wildman–Crippen MR) is 237 cm³/mol. The number of nitrogens with zero attached hydrogens (tertiary/aromatic N) is 3. The molecule has 58 heavy (non-hydrogen) atoms. The van der Waals surface area contributed by atoms with Gasteiger partial charge in [0, 0.05) is 43.8 Å². The third kappa shape index (κ3) is 5.07. The molecular weight excluding hydrogens is 711 g/mol. The van der Waals surface area contributed by atoms with Gasteiger partial charge in [0.2, 0.25) is 0 Å². The van der Waals surface area contributed by atoms with Gasteiger partial charge in [-0.2, -0.15) is 0 Å². The highest BCUT2D eigenvalue weighted by atomic mass is 16.3. The zero-order valence-electron chi connectivity index (χ0n) is 31.1. The fourth-order valence-corrected chi connectivity index (χ4v) is 8.68. The number of hydrogen-bond donors (Lipinski definition) is 0. The molecule has 3 heterocycles. The number of fused-ring (bicyclic) bond motifs is 8. The molecule has 0 fully saturated rings. The van der Waals surface area contributed by atoms with Crippen molar-refractivity contribution in [3.63, 3.8) is 0 Å². The van der Waals surface area contributed by atoms with E-state index in [-0.39, 0.29) is 0 Å². The largest absolute Gasteiger partial charge is 0.456 e. The molecule has 0 radical (unpaired) electrons. The number of benzene rings is 9. The first-order chi connectivity index (χ1) is 28.7. The lowest BCUT2D eigenvalue weighted by molar-refractivity contribution is 0.669. The molecule has 0 unspecified atom stereocenters. The third-order valence-electron chi connectivity index (χ3n) is 11.3. The van der Waals surface area contributed by atoms with Crippen LogP contribution < -0.4 is 0 Å². The van der Waals surface area contributed by atoms with Crippen molar-refractivity contribution in [1.82, 2.24) is 15.0 Å². The normalized spacial score (nSPS) is 11.8. The zero-order chi connectivity index (χ0) is 38.2. The third-order valence-corrected chi connectivity index (χ3v) is 11.3. The van der Waals surface area contributed by atoms with Crippen LogP contribution in [0.3, 0.4) is 0 Å². The fourth-order valence-electron chi connectivity index (χ4n) is 8.68. The number of hydrogen-bond acceptors (Lipinski definition) is 5. The minimum absolute atomic E-state index is 0.585. The minimum atomic E-state index is 0.585. The van der Waals surface area contributed by atoms with Gasteiger partial charge in [-0.3, -0.25) is 0 Å². The molecule has 5 nitrogen and oxygen atoms in total. The topological polar surface area (TPSA) is 65.0 Å². The quantitative estimate of drug-likeness (QED) is 0.176. The Bertz CT molecular complexity index is 3580. The van der Waals surface area contributed by atoms with Crippen molar-refractivity contribution in [2.75, 3.05) is 0 Å². The van der Waals surface area contributed by atoms with Gasteiger partial charge in [-0.25, -0.2) is 15.0 Å². The lowest BCUT2D eigenvalue weighted by Gasteiger charge is -2.14. The molecule has 0 atom stereocenters. The molecule has 0 amide bonds. The molecular formula is C53H31N3O2. The van der Waals surface area contributed by atoms with E-state index in [1.54, 1.807) is 0 Å². The monoisotopic (exact) mass is 741 g/mol. The van der Waals surface area contributed by atoms with E-state index in [0.717, 1.165) is 104 Å². The maximum atomic E-state index is 6.66. The Morgan fingerprint density at radius 1 is 0.293 bits per heavy atom. The lowest BCUT2D eigenvalue weighted by Crippen LogP contribution is -2.01. The van der Waals surface area contributed by atoms with E-state index in [9.17, 15) is 0 Å². The summed E-state index contributed by atoms with van der Waals surface area (Å²) in [5.74, 6) is 1.79. The Hall–Kier alpha value is -7.89. The first-order valence-corrected chi connectivity index (χ1v) is 19.4. The second-order valence-corrected chi connectivity index (χ2v) is 14.7. The lowest BCUT2D eigenvalue weighted by atomic mass is 9.92. The summed E-state index contributed by atoms with van der Waals surface area (Å²) >= 11 is 0. The van der Waals surface area contributed by atoms with E-state index in [4.69, 9.17) is 23.8 Å². The van der Waals surface area contributed by atoms with Crippen molar-refractivity contribution in [2.45, 2.75) is 0 Å². The van der Waals surface area contributed by atoms with Crippen molar-refractivity contribution in [3.8, 4) is 56.4 Å². The molecule has 0 saturated carbocycles. The van der Waals surface area contributed by atoms with Crippen molar-refractivity contribution in [2.24, 2.45) is 0 Å². The van der Waals surface area contributed by atoms with Gasteiger partial charge in [0.1, 0.15) is 22.3 Å². The van der Waals surface area contributed by atoms with Gasteiger partial charge < -0.3 is 8.83 Å². The maximum Gasteiger partial charge on any atom is 0.164 e. The average molecular weight is 742 g/mol. The molecule has 0 aliphatic rings. The Morgan fingerprint density at radius 3 is 1.71 bits per heavy atom. The van der Waals surface area contributed by atoms with Gasteiger partial charge in [-0.15, -0.1) is 0 Å². The first-order valence-electron chi connectivity index (χ1n) is 19.4. The Balaban J connectivity index is 1.09. The Morgan fingerprint density at radius 2 is 0.862 bits per heavy atom. The molecule has 0 saturated heterocycles. The van der Waals surface area contributed by atoms with Crippen LogP contribution in [-0.4, -0.2) is 15.0 Å². The van der Waals surface area contributed by atoms with Crippen LogP contribution in [0.4, 0.5) is 0 Å². The second-order valence-electron chi connectivity index (χ2n) is 14.7. The maximum absolute atomic E-state index is 6.66. The summed E-state index contributed by atoms with van der Waals surface area (Å²) in [6.07, 6.45) is 0. The Kier molecular flexibility index (Phi) is 7.16. The first kappa shape index (κ1) is 32.4. The van der Waals surface area contributed by atoms with Gasteiger partial charge in [-0.05, 0) is 68.6 Å². The van der Waals surface area contributed by atoms with Crippen LogP contribution in [0, 0.1) is 0 Å². The van der Waals surface area contributed by atoms with Crippen LogP contribution in [-0.2, 0) is 0 Å². The number of rotatable bonds is 5. The summed E-state index contributed by atoms with van der Waals surface area (Å²) in [5, 5.41) is 8.61. The number of furan rings is 2.